The van der Waals surface area contributed by atoms with Gasteiger partial charge >= 0.3 is 0 Å². The maximum absolute atomic E-state index is 4.45. The lowest BCUT2D eigenvalue weighted by atomic mass is 9.67. The maximum Gasteiger partial charge on any atom is 0.191 e. The van der Waals surface area contributed by atoms with Crippen LogP contribution >= 0.6 is 24.0 Å². The molecular formula is C16H30IN5. The lowest BCUT2D eigenvalue weighted by Gasteiger charge is -2.41. The summed E-state index contributed by atoms with van der Waals surface area (Å²) in [5, 5.41) is 11.4. The molecule has 2 N–H and O–H groups in total. The van der Waals surface area contributed by atoms with E-state index < -0.39 is 0 Å². The highest BCUT2D eigenvalue weighted by molar-refractivity contribution is 14.0. The van der Waals surface area contributed by atoms with E-state index in [-0.39, 0.29) is 24.0 Å². The number of hydrogen-bond donors (Lipinski definition) is 2. The third kappa shape index (κ3) is 4.14. The Morgan fingerprint density at radius 2 is 2.00 bits per heavy atom. The number of guanidine groups is 1. The standard InChI is InChI=1S/C16H29N5.HI/c1-6-16(8-7-9-16)11-19-15(17-4)18-10-14-12(2)20-21(5)13(14)3;/h6-11H2,1-5H3,(H2,17,18,19);1H. The summed E-state index contributed by atoms with van der Waals surface area (Å²) in [7, 11) is 3.82. The van der Waals surface area contributed by atoms with Crippen LogP contribution < -0.4 is 10.6 Å². The van der Waals surface area contributed by atoms with E-state index in [0.29, 0.717) is 5.41 Å². The molecule has 0 atom stereocenters. The SMILES string of the molecule is CCC1(CNC(=NC)NCc2c(C)nn(C)c2C)CCC1.I. The highest BCUT2D eigenvalue weighted by atomic mass is 127. The summed E-state index contributed by atoms with van der Waals surface area (Å²) in [4.78, 5) is 4.33. The van der Waals surface area contributed by atoms with Crippen LogP contribution in [0.5, 0.6) is 0 Å². The monoisotopic (exact) mass is 419 g/mol. The highest BCUT2D eigenvalue weighted by Crippen LogP contribution is 2.42. The van der Waals surface area contributed by atoms with E-state index >= 15 is 0 Å². The average molecular weight is 419 g/mol. The third-order valence-electron chi connectivity index (χ3n) is 5.11. The summed E-state index contributed by atoms with van der Waals surface area (Å²) in [6.07, 6.45) is 5.30. The molecule has 2 rings (SSSR count). The number of aryl methyl sites for hydroxylation is 2. The lowest BCUT2D eigenvalue weighted by Crippen LogP contribution is -2.46. The van der Waals surface area contributed by atoms with Gasteiger partial charge in [0, 0.05) is 38.4 Å². The topological polar surface area (TPSA) is 54.2 Å². The Labute approximate surface area is 151 Å². The number of hydrogen-bond acceptors (Lipinski definition) is 2. The summed E-state index contributed by atoms with van der Waals surface area (Å²) in [5.74, 6) is 0.886. The van der Waals surface area contributed by atoms with Gasteiger partial charge in [-0.3, -0.25) is 9.67 Å². The van der Waals surface area contributed by atoms with Crippen molar-refractivity contribution in [3.63, 3.8) is 0 Å². The van der Waals surface area contributed by atoms with Gasteiger partial charge in [0.05, 0.1) is 5.69 Å². The van der Waals surface area contributed by atoms with Crippen LogP contribution in [-0.4, -0.2) is 29.3 Å². The molecule has 5 nitrogen and oxygen atoms in total. The van der Waals surface area contributed by atoms with E-state index in [1.54, 1.807) is 0 Å². The van der Waals surface area contributed by atoms with Gasteiger partial charge in [-0.05, 0) is 38.5 Å². The van der Waals surface area contributed by atoms with Gasteiger partial charge in [0.25, 0.3) is 0 Å². The van der Waals surface area contributed by atoms with Gasteiger partial charge in [-0.2, -0.15) is 5.10 Å². The fourth-order valence-corrected chi connectivity index (χ4v) is 3.07. The zero-order chi connectivity index (χ0) is 15.5. The van der Waals surface area contributed by atoms with Crippen molar-refractivity contribution in [3.8, 4) is 0 Å². The molecule has 1 aliphatic carbocycles. The Kier molecular flexibility index (Phi) is 7.15. The van der Waals surface area contributed by atoms with Crippen LogP contribution in [0.3, 0.4) is 0 Å². The molecule has 1 aliphatic rings. The van der Waals surface area contributed by atoms with Crippen molar-refractivity contribution in [1.29, 1.82) is 0 Å². The van der Waals surface area contributed by atoms with E-state index in [1.807, 2.05) is 18.8 Å². The largest absolute Gasteiger partial charge is 0.356 e. The molecule has 6 heteroatoms. The fourth-order valence-electron chi connectivity index (χ4n) is 3.07. The molecule has 0 radical (unpaired) electrons. The van der Waals surface area contributed by atoms with Crippen LogP contribution in [0.2, 0.25) is 0 Å². The van der Waals surface area contributed by atoms with Crippen LogP contribution in [0.4, 0.5) is 0 Å². The normalized spacial score (nSPS) is 16.7. The summed E-state index contributed by atoms with van der Waals surface area (Å²) < 4.78 is 1.93. The molecule has 1 aromatic rings. The van der Waals surface area contributed by atoms with Crippen molar-refractivity contribution in [2.45, 2.75) is 53.0 Å². The van der Waals surface area contributed by atoms with E-state index in [4.69, 9.17) is 0 Å². The summed E-state index contributed by atoms with van der Waals surface area (Å²) >= 11 is 0. The molecule has 0 aliphatic heterocycles. The van der Waals surface area contributed by atoms with Crippen LogP contribution in [0.25, 0.3) is 0 Å². The van der Waals surface area contributed by atoms with Gasteiger partial charge in [-0.15, -0.1) is 24.0 Å². The first-order valence-corrected chi connectivity index (χ1v) is 7.95. The van der Waals surface area contributed by atoms with Gasteiger partial charge in [-0.25, -0.2) is 0 Å². The molecule has 0 saturated heterocycles. The number of halogens is 1. The van der Waals surface area contributed by atoms with Crippen molar-refractivity contribution in [2.24, 2.45) is 17.5 Å². The predicted octanol–water partition coefficient (Wildman–Crippen LogP) is 2.90. The smallest absolute Gasteiger partial charge is 0.191 e. The van der Waals surface area contributed by atoms with Crippen LogP contribution in [0.15, 0.2) is 4.99 Å². The number of aromatic nitrogens is 2. The predicted molar refractivity (Wildman–Crippen MR) is 103 cm³/mol. The fraction of sp³-hybridized carbons (Fsp3) is 0.750. The minimum atomic E-state index is 0. The van der Waals surface area contributed by atoms with E-state index in [0.717, 1.165) is 24.7 Å². The molecular weight excluding hydrogens is 389 g/mol. The second-order valence-electron chi connectivity index (χ2n) is 6.26. The molecule has 0 amide bonds. The summed E-state index contributed by atoms with van der Waals surface area (Å²) in [6, 6.07) is 0. The van der Waals surface area contributed by atoms with E-state index in [2.05, 4.69) is 41.5 Å². The van der Waals surface area contributed by atoms with E-state index in [1.165, 1.54) is 36.9 Å². The molecule has 1 heterocycles. The first-order valence-electron chi connectivity index (χ1n) is 7.95. The van der Waals surface area contributed by atoms with Crippen molar-refractivity contribution in [3.05, 3.63) is 17.0 Å². The summed E-state index contributed by atoms with van der Waals surface area (Å²) in [5.41, 5.74) is 4.05. The minimum Gasteiger partial charge on any atom is -0.356 e. The molecule has 1 saturated carbocycles. The van der Waals surface area contributed by atoms with Crippen LogP contribution in [-0.2, 0) is 13.6 Å². The van der Waals surface area contributed by atoms with Crippen LogP contribution in [0.1, 0.15) is 49.6 Å². The molecule has 1 aromatic heterocycles. The Morgan fingerprint density at radius 1 is 1.32 bits per heavy atom. The molecule has 0 spiro atoms. The first-order chi connectivity index (χ1) is 10.0. The lowest BCUT2D eigenvalue weighted by molar-refractivity contribution is 0.131. The Balaban J connectivity index is 0.00000242. The number of nitrogens with one attached hydrogen (secondary N) is 2. The third-order valence-corrected chi connectivity index (χ3v) is 5.11. The van der Waals surface area contributed by atoms with Gasteiger partial charge in [0.1, 0.15) is 0 Å². The quantitative estimate of drug-likeness (QED) is 0.439. The average Bonchev–Trinajstić information content (AvgIpc) is 2.67. The molecule has 0 aromatic carbocycles. The zero-order valence-electron chi connectivity index (χ0n) is 14.5. The van der Waals surface area contributed by atoms with Crippen molar-refractivity contribution >= 4 is 29.9 Å². The summed E-state index contributed by atoms with van der Waals surface area (Å²) in [6.45, 7) is 8.24. The number of rotatable bonds is 5. The molecule has 126 valence electrons. The van der Waals surface area contributed by atoms with Crippen LogP contribution in [0, 0.1) is 19.3 Å². The second kappa shape index (κ2) is 8.17. The Hall–Kier alpha value is -0.790. The number of aliphatic imine (C=N–C) groups is 1. The Bertz CT molecular complexity index is 511. The zero-order valence-corrected chi connectivity index (χ0v) is 16.8. The van der Waals surface area contributed by atoms with Gasteiger partial charge in [0.15, 0.2) is 5.96 Å². The second-order valence-corrected chi connectivity index (χ2v) is 6.26. The number of nitrogens with zero attached hydrogens (tertiary/aromatic N) is 3. The van der Waals surface area contributed by atoms with Gasteiger partial charge in [-0.1, -0.05) is 13.3 Å². The van der Waals surface area contributed by atoms with Gasteiger partial charge in [0.2, 0.25) is 0 Å². The molecule has 0 unspecified atom stereocenters. The molecule has 1 fully saturated rings. The minimum absolute atomic E-state index is 0. The first kappa shape index (κ1) is 19.3. The van der Waals surface area contributed by atoms with Crippen molar-refractivity contribution in [2.75, 3.05) is 13.6 Å². The molecule has 0 bridgehead atoms. The maximum atomic E-state index is 4.45. The molecule has 22 heavy (non-hydrogen) atoms. The Morgan fingerprint density at radius 3 is 2.41 bits per heavy atom. The highest BCUT2D eigenvalue weighted by Gasteiger charge is 2.34. The van der Waals surface area contributed by atoms with E-state index in [9.17, 15) is 0 Å². The van der Waals surface area contributed by atoms with Crippen molar-refractivity contribution < 1.29 is 0 Å². The van der Waals surface area contributed by atoms with Gasteiger partial charge < -0.3 is 10.6 Å². The van der Waals surface area contributed by atoms with Crippen molar-refractivity contribution in [1.82, 2.24) is 20.4 Å².